The number of ether oxygens (including phenoxy) is 2. The molecule has 8 nitrogen and oxygen atoms in total. The first kappa shape index (κ1) is 26.2. The zero-order valence-electron chi connectivity index (χ0n) is 18.8. The maximum atomic E-state index is 12.7. The molecule has 1 unspecified atom stereocenters. The molecule has 9 heteroatoms. The SMILES string of the molecule is CC(C)COC(=O)NCC(NC(=O)OCC(C)C)C(=O)O[Si](C)(C)C(C)(C)C. The minimum atomic E-state index is -2.39. The van der Waals surface area contributed by atoms with Gasteiger partial charge in [0.25, 0.3) is 8.32 Å². The maximum Gasteiger partial charge on any atom is 0.407 e. The van der Waals surface area contributed by atoms with Crippen LogP contribution in [0.2, 0.25) is 18.1 Å². The van der Waals surface area contributed by atoms with Crippen LogP contribution in [0.4, 0.5) is 9.59 Å². The van der Waals surface area contributed by atoms with E-state index in [0.717, 1.165) is 0 Å². The van der Waals surface area contributed by atoms with E-state index < -0.39 is 32.5 Å². The number of alkyl carbamates (subject to hydrolysis) is 2. The Morgan fingerprint density at radius 1 is 0.893 bits per heavy atom. The number of carbonyl (C=O) groups excluding carboxylic acids is 3. The fraction of sp³-hybridized carbons (Fsp3) is 0.842. The number of hydrogen-bond acceptors (Lipinski definition) is 6. The van der Waals surface area contributed by atoms with Crippen LogP contribution in [0.15, 0.2) is 0 Å². The monoisotopic (exact) mass is 418 g/mol. The predicted molar refractivity (Wildman–Crippen MR) is 111 cm³/mol. The standard InChI is InChI=1S/C19H38N2O6Si/c1-13(2)11-25-17(23)20-10-15(21-18(24)26-12-14(3)4)16(22)27-28(8,9)19(5,6)7/h13-15H,10-12H2,1-9H3,(H,20,23)(H,21,24). The highest BCUT2D eigenvalue weighted by atomic mass is 28.4. The smallest absolute Gasteiger partial charge is 0.407 e. The van der Waals surface area contributed by atoms with Crippen molar-refractivity contribution in [2.24, 2.45) is 11.8 Å². The summed E-state index contributed by atoms with van der Waals surface area (Å²) in [6.45, 7) is 17.9. The van der Waals surface area contributed by atoms with E-state index in [1.807, 2.05) is 61.6 Å². The normalized spacial score (nSPS) is 13.1. The summed E-state index contributed by atoms with van der Waals surface area (Å²) in [6.07, 6.45) is -1.39. The molecule has 0 aromatic heterocycles. The van der Waals surface area contributed by atoms with Gasteiger partial charge < -0.3 is 24.5 Å². The fourth-order valence-corrected chi connectivity index (χ4v) is 2.53. The Labute approximate surface area is 170 Å². The van der Waals surface area contributed by atoms with Crippen LogP contribution in [-0.4, -0.2) is 52.3 Å². The molecule has 0 bridgehead atoms. The molecule has 2 N–H and O–H groups in total. The lowest BCUT2D eigenvalue weighted by Crippen LogP contribution is -2.53. The van der Waals surface area contributed by atoms with Crippen molar-refractivity contribution in [1.82, 2.24) is 10.6 Å². The Hall–Kier alpha value is -1.77. The molecule has 0 saturated heterocycles. The Bertz CT molecular complexity index is 529. The third-order valence-electron chi connectivity index (χ3n) is 4.28. The molecule has 0 aliphatic carbocycles. The van der Waals surface area contributed by atoms with Gasteiger partial charge in [-0.1, -0.05) is 48.5 Å². The summed E-state index contributed by atoms with van der Waals surface area (Å²) in [5.41, 5.74) is 0. The van der Waals surface area contributed by atoms with E-state index in [4.69, 9.17) is 13.9 Å². The fourth-order valence-electron chi connectivity index (χ4n) is 1.57. The summed E-state index contributed by atoms with van der Waals surface area (Å²) in [6, 6.07) is -1.07. The van der Waals surface area contributed by atoms with Crippen LogP contribution in [-0.2, 0) is 18.7 Å². The zero-order chi connectivity index (χ0) is 22.1. The van der Waals surface area contributed by atoms with Crippen LogP contribution < -0.4 is 10.6 Å². The highest BCUT2D eigenvalue weighted by Crippen LogP contribution is 2.36. The number of nitrogens with one attached hydrogen (secondary N) is 2. The molecule has 164 valence electrons. The Kier molecular flexibility index (Phi) is 10.6. The molecule has 28 heavy (non-hydrogen) atoms. The minimum absolute atomic E-state index is 0.152. The van der Waals surface area contributed by atoms with Crippen molar-refractivity contribution in [3.63, 3.8) is 0 Å². The van der Waals surface area contributed by atoms with Crippen molar-refractivity contribution in [2.75, 3.05) is 19.8 Å². The second kappa shape index (κ2) is 11.3. The number of hydrogen-bond donors (Lipinski definition) is 2. The van der Waals surface area contributed by atoms with Crippen molar-refractivity contribution in [3.05, 3.63) is 0 Å². The van der Waals surface area contributed by atoms with Gasteiger partial charge in [0, 0.05) is 0 Å². The molecule has 0 aliphatic rings. The number of amides is 2. The molecule has 0 aromatic rings. The Morgan fingerprint density at radius 3 is 1.79 bits per heavy atom. The average Bonchev–Trinajstić information content (AvgIpc) is 2.53. The van der Waals surface area contributed by atoms with Gasteiger partial charge in [0.1, 0.15) is 6.04 Å². The van der Waals surface area contributed by atoms with Crippen molar-refractivity contribution < 1.29 is 28.3 Å². The van der Waals surface area contributed by atoms with Gasteiger partial charge >= 0.3 is 18.2 Å². The maximum absolute atomic E-state index is 12.7. The summed E-state index contributed by atoms with van der Waals surface area (Å²) < 4.78 is 15.9. The van der Waals surface area contributed by atoms with E-state index in [9.17, 15) is 14.4 Å². The summed E-state index contributed by atoms with van der Waals surface area (Å²) >= 11 is 0. The number of carbonyl (C=O) groups is 3. The topological polar surface area (TPSA) is 103 Å². The van der Waals surface area contributed by atoms with Crippen LogP contribution >= 0.6 is 0 Å². The quantitative estimate of drug-likeness (QED) is 0.554. The summed E-state index contributed by atoms with van der Waals surface area (Å²) in [5.74, 6) is -0.251. The van der Waals surface area contributed by atoms with Crippen LogP contribution in [0.1, 0.15) is 48.5 Å². The van der Waals surface area contributed by atoms with E-state index in [-0.39, 0.29) is 36.6 Å². The molecular formula is C19H38N2O6Si. The molecule has 0 aromatic carbocycles. The van der Waals surface area contributed by atoms with Crippen LogP contribution in [0.25, 0.3) is 0 Å². The van der Waals surface area contributed by atoms with Crippen molar-refractivity contribution in [3.8, 4) is 0 Å². The van der Waals surface area contributed by atoms with E-state index in [2.05, 4.69) is 10.6 Å². The summed E-state index contributed by atoms with van der Waals surface area (Å²) in [7, 11) is -2.39. The van der Waals surface area contributed by atoms with Crippen LogP contribution in [0, 0.1) is 11.8 Å². The first-order valence-corrected chi connectivity index (χ1v) is 12.6. The lowest BCUT2D eigenvalue weighted by Gasteiger charge is -2.36. The molecule has 0 aliphatic heterocycles. The van der Waals surface area contributed by atoms with Gasteiger partial charge in [-0.05, 0) is 30.0 Å². The predicted octanol–water partition coefficient (Wildman–Crippen LogP) is 3.67. The molecule has 0 spiro atoms. The van der Waals surface area contributed by atoms with Crippen molar-refractivity contribution >= 4 is 26.5 Å². The van der Waals surface area contributed by atoms with Gasteiger partial charge in [-0.3, -0.25) is 4.79 Å². The van der Waals surface area contributed by atoms with Gasteiger partial charge in [-0.25, -0.2) is 9.59 Å². The highest BCUT2D eigenvalue weighted by Gasteiger charge is 2.42. The average molecular weight is 419 g/mol. The molecule has 0 heterocycles. The molecule has 1 atom stereocenters. The zero-order valence-corrected chi connectivity index (χ0v) is 19.8. The van der Waals surface area contributed by atoms with E-state index in [1.165, 1.54) is 0 Å². The van der Waals surface area contributed by atoms with Crippen LogP contribution in [0.3, 0.4) is 0 Å². The first-order valence-electron chi connectivity index (χ1n) is 9.72. The highest BCUT2D eigenvalue weighted by molar-refractivity contribution is 6.75. The lowest BCUT2D eigenvalue weighted by atomic mass is 10.2. The molecule has 2 amide bonds. The molecule has 0 rings (SSSR count). The van der Waals surface area contributed by atoms with Crippen LogP contribution in [0.5, 0.6) is 0 Å². The summed E-state index contributed by atoms with van der Waals surface area (Å²) in [5, 5.41) is 4.79. The van der Waals surface area contributed by atoms with Gasteiger partial charge in [-0.15, -0.1) is 0 Å². The van der Waals surface area contributed by atoms with Gasteiger partial charge in [0.05, 0.1) is 19.8 Å². The minimum Gasteiger partial charge on any atom is -0.518 e. The molecule has 0 fully saturated rings. The van der Waals surface area contributed by atoms with Gasteiger partial charge in [0.2, 0.25) is 0 Å². The Morgan fingerprint density at radius 2 is 1.36 bits per heavy atom. The molecular weight excluding hydrogens is 380 g/mol. The molecule has 0 saturated carbocycles. The van der Waals surface area contributed by atoms with Gasteiger partial charge in [0.15, 0.2) is 0 Å². The first-order chi connectivity index (χ1) is 12.7. The van der Waals surface area contributed by atoms with E-state index in [1.54, 1.807) is 0 Å². The second-order valence-corrected chi connectivity index (χ2v) is 14.0. The van der Waals surface area contributed by atoms with E-state index in [0.29, 0.717) is 0 Å². The number of rotatable bonds is 9. The van der Waals surface area contributed by atoms with Crippen molar-refractivity contribution in [1.29, 1.82) is 0 Å². The largest absolute Gasteiger partial charge is 0.518 e. The lowest BCUT2D eigenvalue weighted by molar-refractivity contribution is -0.137. The Balaban J connectivity index is 5.03. The van der Waals surface area contributed by atoms with Crippen molar-refractivity contribution in [2.45, 2.75) is 72.6 Å². The third kappa shape index (κ3) is 10.5. The van der Waals surface area contributed by atoms with Gasteiger partial charge in [-0.2, -0.15) is 0 Å². The molecule has 0 radical (unpaired) electrons. The summed E-state index contributed by atoms with van der Waals surface area (Å²) in [4.78, 5) is 36.5. The van der Waals surface area contributed by atoms with E-state index >= 15 is 0 Å². The second-order valence-electron chi connectivity index (χ2n) is 9.24. The third-order valence-corrected chi connectivity index (χ3v) is 8.61.